The summed E-state index contributed by atoms with van der Waals surface area (Å²) in [4.78, 5) is 64.8. The number of amides is 2. The van der Waals surface area contributed by atoms with Gasteiger partial charge < -0.3 is 24.6 Å². The Morgan fingerprint density at radius 1 is 0.923 bits per heavy atom. The summed E-state index contributed by atoms with van der Waals surface area (Å²) in [5.41, 5.74) is 2.39. The molecule has 208 valence electrons. The third kappa shape index (κ3) is 7.79. The molecule has 11 heteroatoms. The van der Waals surface area contributed by atoms with E-state index < -0.39 is 54.3 Å². The SMILES string of the molecule is CCOC(=O)C[C@@H](C(=O)OCC)[C@H](NC(=O)[C@@H]1Cc2ccccc2CN1C(=O)OCc1ccccc1)C(=O)O. The van der Waals surface area contributed by atoms with Crippen LogP contribution >= 0.6 is 0 Å². The van der Waals surface area contributed by atoms with E-state index >= 15 is 0 Å². The van der Waals surface area contributed by atoms with E-state index in [2.05, 4.69) is 5.32 Å². The van der Waals surface area contributed by atoms with Crippen LogP contribution in [0.15, 0.2) is 54.6 Å². The molecular weight excluding hydrogens is 508 g/mol. The van der Waals surface area contributed by atoms with Crippen LogP contribution in [0.3, 0.4) is 0 Å². The number of fused-ring (bicyclic) bond motifs is 1. The fraction of sp³-hybridized carbons (Fsp3) is 0.393. The molecule has 0 unspecified atom stereocenters. The third-order valence-corrected chi connectivity index (χ3v) is 6.24. The summed E-state index contributed by atoms with van der Waals surface area (Å²) in [6, 6.07) is 13.3. The van der Waals surface area contributed by atoms with Crippen molar-refractivity contribution >= 4 is 29.9 Å². The van der Waals surface area contributed by atoms with Crippen molar-refractivity contribution in [3.8, 4) is 0 Å². The summed E-state index contributed by atoms with van der Waals surface area (Å²) in [6.45, 7) is 3.11. The Kier molecular flexibility index (Phi) is 10.4. The summed E-state index contributed by atoms with van der Waals surface area (Å²) < 4.78 is 15.3. The van der Waals surface area contributed by atoms with E-state index in [1.165, 1.54) is 11.8 Å². The van der Waals surface area contributed by atoms with Gasteiger partial charge in [0.15, 0.2) is 0 Å². The highest BCUT2D eigenvalue weighted by Crippen LogP contribution is 2.25. The highest BCUT2D eigenvalue weighted by molar-refractivity contribution is 5.93. The minimum atomic E-state index is -1.81. The zero-order valence-corrected chi connectivity index (χ0v) is 21.8. The van der Waals surface area contributed by atoms with Gasteiger partial charge in [0.2, 0.25) is 5.91 Å². The number of ether oxygens (including phenoxy) is 3. The molecule has 1 aliphatic heterocycles. The van der Waals surface area contributed by atoms with Crippen LogP contribution in [0.25, 0.3) is 0 Å². The van der Waals surface area contributed by atoms with Crippen LogP contribution in [0.5, 0.6) is 0 Å². The number of nitrogens with one attached hydrogen (secondary N) is 1. The lowest BCUT2D eigenvalue weighted by Gasteiger charge is -2.36. The Bertz CT molecular complexity index is 1180. The molecule has 11 nitrogen and oxygen atoms in total. The topological polar surface area (TPSA) is 149 Å². The Morgan fingerprint density at radius 3 is 2.21 bits per heavy atom. The van der Waals surface area contributed by atoms with Gasteiger partial charge in [0.25, 0.3) is 0 Å². The summed E-state index contributed by atoms with van der Waals surface area (Å²) in [7, 11) is 0. The molecule has 2 amide bonds. The standard InChI is InChI=1S/C28H32N2O9/c1-3-37-23(31)15-21(27(35)38-4-2)24(26(33)34)29-25(32)22-14-19-12-8-9-13-20(19)16-30(22)28(36)39-17-18-10-6-5-7-11-18/h5-13,21-22,24H,3-4,14-17H2,1-2H3,(H,29,32)(H,33,34)/t21-,22+,24+/m1/s1. The number of carboxylic acid groups (broad SMARTS) is 1. The van der Waals surface area contributed by atoms with Crippen LogP contribution in [0.2, 0.25) is 0 Å². The van der Waals surface area contributed by atoms with Gasteiger partial charge in [-0.25, -0.2) is 9.59 Å². The first-order chi connectivity index (χ1) is 18.7. The fourth-order valence-electron chi connectivity index (χ4n) is 4.32. The second-order valence-electron chi connectivity index (χ2n) is 8.85. The van der Waals surface area contributed by atoms with E-state index in [0.29, 0.717) is 0 Å². The molecule has 2 N–H and O–H groups in total. The van der Waals surface area contributed by atoms with E-state index in [1.807, 2.05) is 24.3 Å². The number of benzene rings is 2. The van der Waals surface area contributed by atoms with Crippen LogP contribution in [0.1, 0.15) is 37.0 Å². The number of esters is 2. The predicted molar refractivity (Wildman–Crippen MR) is 137 cm³/mol. The Balaban J connectivity index is 1.85. The second kappa shape index (κ2) is 13.9. The lowest BCUT2D eigenvalue weighted by molar-refractivity contribution is -0.160. The average Bonchev–Trinajstić information content (AvgIpc) is 2.93. The van der Waals surface area contributed by atoms with Crippen molar-refractivity contribution in [2.75, 3.05) is 13.2 Å². The van der Waals surface area contributed by atoms with E-state index in [-0.39, 0.29) is 32.8 Å². The molecule has 2 aromatic carbocycles. The maximum absolute atomic E-state index is 13.5. The Morgan fingerprint density at radius 2 is 1.56 bits per heavy atom. The van der Waals surface area contributed by atoms with Crippen LogP contribution in [0.4, 0.5) is 4.79 Å². The highest BCUT2D eigenvalue weighted by Gasteiger charge is 2.42. The molecule has 0 saturated carbocycles. The number of hydrogen-bond donors (Lipinski definition) is 2. The van der Waals surface area contributed by atoms with Gasteiger partial charge in [0.1, 0.15) is 18.7 Å². The Hall–Kier alpha value is -4.41. The van der Waals surface area contributed by atoms with Crippen LogP contribution in [-0.2, 0) is 53.0 Å². The molecule has 3 rings (SSSR count). The molecule has 0 fully saturated rings. The summed E-state index contributed by atoms with van der Waals surface area (Å²) in [6.07, 6.45) is -1.27. The van der Waals surface area contributed by atoms with Gasteiger partial charge >= 0.3 is 24.0 Å². The van der Waals surface area contributed by atoms with Crippen LogP contribution in [0, 0.1) is 5.92 Å². The molecule has 0 aliphatic carbocycles. The molecule has 2 aromatic rings. The number of nitrogens with zero attached hydrogens (tertiary/aromatic N) is 1. The van der Waals surface area contributed by atoms with Gasteiger partial charge in [0, 0.05) is 6.42 Å². The molecule has 1 aliphatic rings. The van der Waals surface area contributed by atoms with Gasteiger partial charge in [-0.2, -0.15) is 0 Å². The van der Waals surface area contributed by atoms with Gasteiger partial charge in [-0.15, -0.1) is 0 Å². The van der Waals surface area contributed by atoms with E-state index in [4.69, 9.17) is 14.2 Å². The molecule has 0 radical (unpaired) electrons. The van der Waals surface area contributed by atoms with Gasteiger partial charge in [-0.3, -0.25) is 19.3 Å². The molecule has 0 aromatic heterocycles. The number of carbonyl (C=O) groups excluding carboxylic acids is 4. The normalized spacial score (nSPS) is 15.7. The van der Waals surface area contributed by atoms with Crippen LogP contribution < -0.4 is 5.32 Å². The number of rotatable bonds is 11. The third-order valence-electron chi connectivity index (χ3n) is 6.24. The summed E-state index contributed by atoms with van der Waals surface area (Å²) >= 11 is 0. The van der Waals surface area contributed by atoms with E-state index in [1.54, 1.807) is 37.3 Å². The first kappa shape index (κ1) is 29.2. The lowest BCUT2D eigenvalue weighted by Crippen LogP contribution is -2.58. The smallest absolute Gasteiger partial charge is 0.411 e. The second-order valence-corrected chi connectivity index (χ2v) is 8.85. The van der Waals surface area contributed by atoms with Crippen molar-refractivity contribution in [2.24, 2.45) is 5.92 Å². The van der Waals surface area contributed by atoms with Crippen molar-refractivity contribution < 1.29 is 43.3 Å². The summed E-state index contributed by atoms with van der Waals surface area (Å²) in [5, 5.41) is 12.3. The quantitative estimate of drug-likeness (QED) is 0.324. The fourth-order valence-corrected chi connectivity index (χ4v) is 4.32. The van der Waals surface area contributed by atoms with Crippen molar-refractivity contribution in [2.45, 2.75) is 51.9 Å². The minimum absolute atomic E-state index is 0.0195. The molecular formula is C28H32N2O9. The number of aliphatic carboxylic acids is 1. The number of carbonyl (C=O) groups is 5. The zero-order chi connectivity index (χ0) is 28.4. The van der Waals surface area contributed by atoms with Gasteiger partial charge in [0.05, 0.1) is 32.1 Å². The molecule has 0 bridgehead atoms. The monoisotopic (exact) mass is 540 g/mol. The van der Waals surface area contributed by atoms with Gasteiger partial charge in [-0.05, 0) is 30.5 Å². The van der Waals surface area contributed by atoms with Crippen molar-refractivity contribution in [3.05, 3.63) is 71.3 Å². The Labute approximate surface area is 226 Å². The minimum Gasteiger partial charge on any atom is -0.480 e. The van der Waals surface area contributed by atoms with Crippen LogP contribution in [-0.4, -0.2) is 65.2 Å². The lowest BCUT2D eigenvalue weighted by atomic mass is 9.92. The van der Waals surface area contributed by atoms with E-state index in [9.17, 15) is 29.1 Å². The number of hydrogen-bond acceptors (Lipinski definition) is 8. The first-order valence-corrected chi connectivity index (χ1v) is 12.6. The highest BCUT2D eigenvalue weighted by atomic mass is 16.6. The number of carboxylic acids is 1. The molecule has 39 heavy (non-hydrogen) atoms. The van der Waals surface area contributed by atoms with Gasteiger partial charge in [-0.1, -0.05) is 54.6 Å². The van der Waals surface area contributed by atoms with Crippen molar-refractivity contribution in [1.82, 2.24) is 10.2 Å². The van der Waals surface area contributed by atoms with Crippen molar-refractivity contribution in [3.63, 3.8) is 0 Å². The average molecular weight is 541 g/mol. The predicted octanol–water partition coefficient (Wildman–Crippen LogP) is 2.45. The molecule has 3 atom stereocenters. The largest absolute Gasteiger partial charge is 0.480 e. The zero-order valence-electron chi connectivity index (χ0n) is 21.8. The van der Waals surface area contributed by atoms with E-state index in [0.717, 1.165) is 16.7 Å². The molecule has 0 spiro atoms. The molecule has 0 saturated heterocycles. The maximum Gasteiger partial charge on any atom is 0.411 e. The maximum atomic E-state index is 13.5. The van der Waals surface area contributed by atoms with Crippen molar-refractivity contribution in [1.29, 1.82) is 0 Å². The summed E-state index contributed by atoms with van der Waals surface area (Å²) in [5.74, 6) is -5.67. The molecule has 1 heterocycles. The first-order valence-electron chi connectivity index (χ1n) is 12.6.